The summed E-state index contributed by atoms with van der Waals surface area (Å²) in [4.78, 5) is 16.6. The molecular weight excluding hydrogens is 361 g/mol. The van der Waals surface area contributed by atoms with Crippen molar-refractivity contribution >= 4 is 36.4 Å². The van der Waals surface area contributed by atoms with Gasteiger partial charge in [0.1, 0.15) is 5.75 Å². The number of amides is 1. The first-order valence-electron chi connectivity index (χ1n) is 7.77. The second kappa shape index (κ2) is 9.51. The fraction of sp³-hybridized carbons (Fsp3) is 0.278. The molecule has 1 amide bonds. The van der Waals surface area contributed by atoms with Crippen LogP contribution in [0.5, 0.6) is 5.75 Å². The maximum atomic E-state index is 12.5. The van der Waals surface area contributed by atoms with Crippen molar-refractivity contribution in [2.24, 2.45) is 0 Å². The van der Waals surface area contributed by atoms with E-state index in [0.717, 1.165) is 25.2 Å². The third-order valence-corrected chi connectivity index (χ3v) is 4.11. The number of nitrogens with two attached hydrogens (primary N) is 1. The van der Waals surface area contributed by atoms with Crippen LogP contribution in [0.15, 0.2) is 48.5 Å². The normalized spacial score (nSPS) is 14.3. The lowest BCUT2D eigenvalue weighted by atomic mass is 10.1. The van der Waals surface area contributed by atoms with Crippen molar-refractivity contribution in [2.75, 3.05) is 31.9 Å². The number of piperazine rings is 1. The summed E-state index contributed by atoms with van der Waals surface area (Å²) in [6.45, 7) is 3.83. The van der Waals surface area contributed by atoms with Gasteiger partial charge in [-0.3, -0.25) is 9.69 Å². The van der Waals surface area contributed by atoms with E-state index in [-0.39, 0.29) is 36.5 Å². The molecule has 0 radical (unpaired) electrons. The number of halogens is 2. The van der Waals surface area contributed by atoms with Gasteiger partial charge in [0.15, 0.2) is 0 Å². The first-order chi connectivity index (χ1) is 11.1. The first kappa shape index (κ1) is 21.1. The van der Waals surface area contributed by atoms with Gasteiger partial charge in [-0.1, -0.05) is 18.2 Å². The molecule has 3 rings (SSSR count). The Balaban J connectivity index is 0.00000156. The Kier molecular flexibility index (Phi) is 8.03. The predicted molar refractivity (Wildman–Crippen MR) is 105 cm³/mol. The number of phenolic OH excluding ortho intramolecular Hbond substituents is 1. The first-order valence-corrected chi connectivity index (χ1v) is 7.77. The molecule has 5 nitrogen and oxygen atoms in total. The van der Waals surface area contributed by atoms with Crippen molar-refractivity contribution in [1.82, 2.24) is 9.80 Å². The summed E-state index contributed by atoms with van der Waals surface area (Å²) in [6.07, 6.45) is 0. The van der Waals surface area contributed by atoms with Crippen LogP contribution in [-0.4, -0.2) is 47.0 Å². The third-order valence-electron chi connectivity index (χ3n) is 4.11. The van der Waals surface area contributed by atoms with Crippen molar-refractivity contribution in [3.63, 3.8) is 0 Å². The molecule has 1 saturated heterocycles. The van der Waals surface area contributed by atoms with Gasteiger partial charge in [-0.2, -0.15) is 0 Å². The lowest BCUT2D eigenvalue weighted by Gasteiger charge is -2.34. The molecule has 0 aliphatic carbocycles. The summed E-state index contributed by atoms with van der Waals surface area (Å²) in [5, 5.41) is 9.52. The number of benzene rings is 2. The third kappa shape index (κ3) is 5.53. The van der Waals surface area contributed by atoms with E-state index in [2.05, 4.69) is 4.90 Å². The molecule has 0 spiro atoms. The molecule has 0 unspecified atom stereocenters. The fourth-order valence-corrected chi connectivity index (χ4v) is 2.88. The van der Waals surface area contributed by atoms with E-state index in [1.54, 1.807) is 36.4 Å². The number of hydrogen-bond acceptors (Lipinski definition) is 4. The highest BCUT2D eigenvalue weighted by Crippen LogP contribution is 2.16. The van der Waals surface area contributed by atoms with Crippen molar-refractivity contribution in [3.8, 4) is 5.75 Å². The van der Waals surface area contributed by atoms with Gasteiger partial charge in [-0.15, -0.1) is 24.8 Å². The molecule has 25 heavy (non-hydrogen) atoms. The smallest absolute Gasteiger partial charge is 0.254 e. The molecule has 0 aromatic heterocycles. The van der Waals surface area contributed by atoms with Crippen molar-refractivity contribution in [1.29, 1.82) is 0 Å². The monoisotopic (exact) mass is 383 g/mol. The molecule has 3 N–H and O–H groups in total. The minimum absolute atomic E-state index is 0. The van der Waals surface area contributed by atoms with Crippen LogP contribution in [0.25, 0.3) is 0 Å². The Labute approximate surface area is 160 Å². The Bertz CT molecular complexity index is 704. The molecule has 0 atom stereocenters. The van der Waals surface area contributed by atoms with Crippen LogP contribution < -0.4 is 5.73 Å². The van der Waals surface area contributed by atoms with Gasteiger partial charge in [0.2, 0.25) is 0 Å². The van der Waals surface area contributed by atoms with Gasteiger partial charge in [0, 0.05) is 44.0 Å². The molecule has 7 heteroatoms. The van der Waals surface area contributed by atoms with E-state index >= 15 is 0 Å². The summed E-state index contributed by atoms with van der Waals surface area (Å²) in [5.41, 5.74) is 8.09. The van der Waals surface area contributed by atoms with Crippen LogP contribution in [0.2, 0.25) is 0 Å². The summed E-state index contributed by atoms with van der Waals surface area (Å²) < 4.78 is 0. The number of rotatable bonds is 3. The highest BCUT2D eigenvalue weighted by atomic mass is 35.5. The Morgan fingerprint density at radius 3 is 2.32 bits per heavy atom. The van der Waals surface area contributed by atoms with E-state index in [1.807, 2.05) is 17.0 Å². The number of nitrogens with zero attached hydrogens (tertiary/aromatic N) is 2. The maximum absolute atomic E-state index is 12.5. The van der Waals surface area contributed by atoms with E-state index < -0.39 is 0 Å². The molecule has 1 heterocycles. The SMILES string of the molecule is Cl.Cl.Nc1cccc(C(=O)N2CCN(Cc3cccc(O)c3)CC2)c1. The van der Waals surface area contributed by atoms with Gasteiger partial charge in [0.25, 0.3) is 5.91 Å². The van der Waals surface area contributed by atoms with Gasteiger partial charge in [-0.25, -0.2) is 0 Å². The van der Waals surface area contributed by atoms with Crippen molar-refractivity contribution in [3.05, 3.63) is 59.7 Å². The zero-order valence-corrected chi connectivity index (χ0v) is 15.4. The fourth-order valence-electron chi connectivity index (χ4n) is 2.88. The second-order valence-corrected chi connectivity index (χ2v) is 5.86. The molecule has 0 bridgehead atoms. The molecule has 2 aromatic carbocycles. The van der Waals surface area contributed by atoms with Gasteiger partial charge in [-0.05, 0) is 35.9 Å². The van der Waals surface area contributed by atoms with Crippen LogP contribution in [0.4, 0.5) is 5.69 Å². The average molecular weight is 384 g/mol. The van der Waals surface area contributed by atoms with E-state index in [9.17, 15) is 9.90 Å². The number of nitrogen functional groups attached to an aromatic ring is 1. The quantitative estimate of drug-likeness (QED) is 0.799. The summed E-state index contributed by atoms with van der Waals surface area (Å²) in [5.74, 6) is 0.326. The van der Waals surface area contributed by atoms with E-state index in [4.69, 9.17) is 5.73 Å². The molecule has 1 aliphatic heterocycles. The van der Waals surface area contributed by atoms with Crippen LogP contribution in [0.1, 0.15) is 15.9 Å². The highest BCUT2D eigenvalue weighted by Gasteiger charge is 2.22. The van der Waals surface area contributed by atoms with Crippen LogP contribution >= 0.6 is 24.8 Å². The number of hydrogen-bond donors (Lipinski definition) is 2. The van der Waals surface area contributed by atoms with Crippen molar-refractivity contribution in [2.45, 2.75) is 6.54 Å². The Hall–Kier alpha value is -1.95. The van der Waals surface area contributed by atoms with Gasteiger partial charge < -0.3 is 15.7 Å². The van der Waals surface area contributed by atoms with E-state index in [0.29, 0.717) is 24.3 Å². The number of phenols is 1. The molecule has 136 valence electrons. The summed E-state index contributed by atoms with van der Waals surface area (Å²) in [7, 11) is 0. The average Bonchev–Trinajstić information content (AvgIpc) is 2.55. The van der Waals surface area contributed by atoms with Gasteiger partial charge >= 0.3 is 0 Å². The number of carbonyl (C=O) groups is 1. The molecule has 1 fully saturated rings. The van der Waals surface area contributed by atoms with Crippen LogP contribution in [0.3, 0.4) is 0 Å². The zero-order chi connectivity index (χ0) is 16.2. The van der Waals surface area contributed by atoms with Crippen molar-refractivity contribution < 1.29 is 9.90 Å². The highest BCUT2D eigenvalue weighted by molar-refractivity contribution is 5.95. The Morgan fingerprint density at radius 1 is 1.00 bits per heavy atom. The Morgan fingerprint density at radius 2 is 1.68 bits per heavy atom. The maximum Gasteiger partial charge on any atom is 0.254 e. The minimum atomic E-state index is 0. The summed E-state index contributed by atoms with van der Waals surface area (Å²) >= 11 is 0. The lowest BCUT2D eigenvalue weighted by molar-refractivity contribution is 0.0628. The topological polar surface area (TPSA) is 69.8 Å². The molecule has 1 aliphatic rings. The van der Waals surface area contributed by atoms with Gasteiger partial charge in [0.05, 0.1) is 0 Å². The zero-order valence-electron chi connectivity index (χ0n) is 13.8. The minimum Gasteiger partial charge on any atom is -0.508 e. The molecule has 2 aromatic rings. The van der Waals surface area contributed by atoms with E-state index in [1.165, 1.54) is 0 Å². The standard InChI is InChI=1S/C18H21N3O2.2ClH/c19-16-5-2-4-15(12-16)18(23)21-9-7-20(8-10-21)13-14-3-1-6-17(22)11-14;;/h1-6,11-12,22H,7-10,13,19H2;2*1H. The van der Waals surface area contributed by atoms with Crippen LogP contribution in [-0.2, 0) is 6.54 Å². The second-order valence-electron chi connectivity index (χ2n) is 5.86. The molecular formula is C18H23Cl2N3O2. The molecule has 0 saturated carbocycles. The largest absolute Gasteiger partial charge is 0.508 e. The number of aromatic hydroxyl groups is 1. The van der Waals surface area contributed by atoms with Crippen LogP contribution in [0, 0.1) is 0 Å². The predicted octanol–water partition coefficient (Wildman–Crippen LogP) is 2.78. The lowest BCUT2D eigenvalue weighted by Crippen LogP contribution is -2.48. The number of carbonyl (C=O) groups excluding carboxylic acids is 1. The number of anilines is 1. The summed E-state index contributed by atoms with van der Waals surface area (Å²) in [6, 6.07) is 14.4.